The van der Waals surface area contributed by atoms with E-state index < -0.39 is 17.4 Å². The molecule has 3 nitrogen and oxygen atoms in total. The summed E-state index contributed by atoms with van der Waals surface area (Å²) in [6, 6.07) is 2.47. The van der Waals surface area contributed by atoms with Crippen LogP contribution in [-0.2, 0) is 16.0 Å². The number of halogens is 2. The molecule has 0 fully saturated rings. The first-order valence-electron chi connectivity index (χ1n) is 5.80. The van der Waals surface area contributed by atoms with E-state index >= 15 is 0 Å². The predicted molar refractivity (Wildman–Crippen MR) is 71.8 cm³/mol. The second-order valence-corrected chi connectivity index (χ2v) is 5.50. The first kappa shape index (κ1) is 15.5. The summed E-state index contributed by atoms with van der Waals surface area (Å²) in [4.78, 5) is 14.6. The third kappa shape index (κ3) is 4.88. The summed E-state index contributed by atoms with van der Waals surface area (Å²) < 4.78 is 18.8. The quantitative estimate of drug-likeness (QED) is 0.611. The van der Waals surface area contributed by atoms with Crippen LogP contribution in [0.25, 0.3) is 4.85 Å². The van der Waals surface area contributed by atoms with Gasteiger partial charge in [0.05, 0.1) is 6.57 Å². The summed E-state index contributed by atoms with van der Waals surface area (Å²) >= 11 is 5.83. The van der Waals surface area contributed by atoms with Gasteiger partial charge in [0.25, 0.3) is 0 Å². The molecule has 0 aliphatic rings. The van der Waals surface area contributed by atoms with Crippen LogP contribution in [-0.4, -0.2) is 11.6 Å². The van der Waals surface area contributed by atoms with Gasteiger partial charge < -0.3 is 4.74 Å². The molecule has 1 aromatic rings. The molecule has 0 aliphatic heterocycles. The molecule has 0 bridgehead atoms. The Morgan fingerprint density at radius 3 is 2.63 bits per heavy atom. The molecule has 102 valence electrons. The minimum absolute atomic E-state index is 0.0696. The number of hydrogen-bond acceptors (Lipinski definition) is 2. The van der Waals surface area contributed by atoms with Crippen LogP contribution >= 0.6 is 11.6 Å². The van der Waals surface area contributed by atoms with Gasteiger partial charge in [0, 0.05) is 11.4 Å². The van der Waals surface area contributed by atoms with Crippen molar-refractivity contribution in [1.82, 2.24) is 0 Å². The lowest BCUT2D eigenvalue weighted by Gasteiger charge is -2.19. The molecule has 0 radical (unpaired) electrons. The molecular formula is C14H15ClFNO2. The number of ether oxygens (including phenoxy) is 1. The minimum Gasteiger partial charge on any atom is -0.460 e. The van der Waals surface area contributed by atoms with E-state index in [-0.39, 0.29) is 23.6 Å². The zero-order valence-corrected chi connectivity index (χ0v) is 11.8. The first-order valence-corrected chi connectivity index (χ1v) is 6.18. The minimum atomic E-state index is -0.554. The highest BCUT2D eigenvalue weighted by molar-refractivity contribution is 6.33. The van der Waals surface area contributed by atoms with Crippen molar-refractivity contribution in [2.24, 2.45) is 0 Å². The van der Waals surface area contributed by atoms with Gasteiger partial charge in [-0.25, -0.2) is 9.24 Å². The standard InChI is InChI=1S/C14H15ClFNO2/c1-14(2,3)19-13(18)6-5-9-7-10(15)12(17-4)8-11(9)16/h7-8H,5-6H2,1-3H3. The van der Waals surface area contributed by atoms with Gasteiger partial charge in [0.2, 0.25) is 5.69 Å². The Labute approximate surface area is 117 Å². The monoisotopic (exact) mass is 283 g/mol. The highest BCUT2D eigenvalue weighted by atomic mass is 35.5. The van der Waals surface area contributed by atoms with Crippen molar-refractivity contribution in [2.75, 3.05) is 0 Å². The molecule has 0 spiro atoms. The Balaban J connectivity index is 2.72. The maximum Gasteiger partial charge on any atom is 0.306 e. The molecule has 1 rings (SSSR count). The Bertz CT molecular complexity index is 529. The molecule has 0 aliphatic carbocycles. The predicted octanol–water partition coefficient (Wildman–Crippen LogP) is 4.30. The number of hydrogen-bond donors (Lipinski definition) is 0. The normalized spacial score (nSPS) is 10.9. The number of benzene rings is 1. The van der Waals surface area contributed by atoms with Crippen molar-refractivity contribution >= 4 is 23.3 Å². The Kier molecular flexibility index (Phi) is 4.90. The van der Waals surface area contributed by atoms with Crippen LogP contribution in [0.5, 0.6) is 0 Å². The Morgan fingerprint density at radius 2 is 2.11 bits per heavy atom. The largest absolute Gasteiger partial charge is 0.460 e. The molecular weight excluding hydrogens is 269 g/mol. The molecule has 5 heteroatoms. The van der Waals surface area contributed by atoms with Gasteiger partial charge in [0.15, 0.2) is 0 Å². The lowest BCUT2D eigenvalue weighted by atomic mass is 10.1. The SMILES string of the molecule is [C-]#[N+]c1cc(F)c(CCC(=O)OC(C)(C)C)cc1Cl. The average Bonchev–Trinajstić information content (AvgIpc) is 2.27. The number of carbonyl (C=O) groups is 1. The fourth-order valence-corrected chi connectivity index (χ4v) is 1.71. The number of nitrogens with zero attached hydrogens (tertiary/aromatic N) is 1. The van der Waals surface area contributed by atoms with E-state index in [1.165, 1.54) is 6.07 Å². The van der Waals surface area contributed by atoms with E-state index in [0.717, 1.165) is 6.07 Å². The molecule has 0 aromatic heterocycles. The van der Waals surface area contributed by atoms with Crippen molar-refractivity contribution in [3.05, 3.63) is 40.0 Å². The number of carbonyl (C=O) groups excluding carboxylic acids is 1. The van der Waals surface area contributed by atoms with Crippen molar-refractivity contribution in [2.45, 2.75) is 39.2 Å². The smallest absolute Gasteiger partial charge is 0.306 e. The van der Waals surface area contributed by atoms with Crippen LogP contribution in [0.15, 0.2) is 12.1 Å². The van der Waals surface area contributed by atoms with Crippen molar-refractivity contribution in [3.63, 3.8) is 0 Å². The molecule has 0 heterocycles. The van der Waals surface area contributed by atoms with Gasteiger partial charge in [-0.1, -0.05) is 11.6 Å². The van der Waals surface area contributed by atoms with Gasteiger partial charge in [0.1, 0.15) is 11.4 Å². The topological polar surface area (TPSA) is 30.7 Å². The fourth-order valence-electron chi connectivity index (χ4n) is 1.48. The summed E-state index contributed by atoms with van der Waals surface area (Å²) in [6.45, 7) is 12.1. The molecule has 19 heavy (non-hydrogen) atoms. The number of rotatable bonds is 3. The zero-order chi connectivity index (χ0) is 14.6. The molecule has 0 N–H and O–H groups in total. The molecule has 0 atom stereocenters. The zero-order valence-electron chi connectivity index (χ0n) is 11.1. The average molecular weight is 284 g/mol. The highest BCUT2D eigenvalue weighted by Crippen LogP contribution is 2.28. The summed E-state index contributed by atoms with van der Waals surface area (Å²) in [5.74, 6) is -0.920. The van der Waals surface area contributed by atoms with Gasteiger partial charge in [-0.2, -0.15) is 0 Å². The number of aryl methyl sites for hydroxylation is 1. The maximum atomic E-state index is 13.7. The van der Waals surface area contributed by atoms with Gasteiger partial charge in [-0.05, 0) is 44.9 Å². The highest BCUT2D eigenvalue weighted by Gasteiger charge is 2.17. The molecule has 0 saturated carbocycles. The van der Waals surface area contributed by atoms with Crippen LogP contribution in [0, 0.1) is 12.4 Å². The number of esters is 1. The summed E-state index contributed by atoms with van der Waals surface area (Å²) in [6.07, 6.45) is 0.265. The third-order valence-electron chi connectivity index (χ3n) is 2.25. The molecule has 1 aromatic carbocycles. The summed E-state index contributed by atoms with van der Waals surface area (Å²) in [5.41, 5.74) is -0.176. The van der Waals surface area contributed by atoms with Gasteiger partial charge in [-0.15, -0.1) is 0 Å². The molecule has 0 saturated heterocycles. The van der Waals surface area contributed by atoms with E-state index in [4.69, 9.17) is 22.9 Å². The summed E-state index contributed by atoms with van der Waals surface area (Å²) in [7, 11) is 0. The molecule has 0 amide bonds. The fraction of sp³-hybridized carbons (Fsp3) is 0.429. The van der Waals surface area contributed by atoms with E-state index in [1.54, 1.807) is 20.8 Å². The van der Waals surface area contributed by atoms with E-state index in [2.05, 4.69) is 4.85 Å². The molecule has 0 unspecified atom stereocenters. The van der Waals surface area contributed by atoms with Crippen LogP contribution < -0.4 is 0 Å². The van der Waals surface area contributed by atoms with Gasteiger partial charge >= 0.3 is 5.97 Å². The lowest BCUT2D eigenvalue weighted by molar-refractivity contribution is -0.154. The van der Waals surface area contributed by atoms with Crippen LogP contribution in [0.3, 0.4) is 0 Å². The van der Waals surface area contributed by atoms with Crippen LogP contribution in [0.1, 0.15) is 32.8 Å². The maximum absolute atomic E-state index is 13.7. The Morgan fingerprint density at radius 1 is 1.47 bits per heavy atom. The van der Waals surface area contributed by atoms with E-state index in [9.17, 15) is 9.18 Å². The lowest BCUT2D eigenvalue weighted by Crippen LogP contribution is -2.24. The van der Waals surface area contributed by atoms with Crippen molar-refractivity contribution in [1.29, 1.82) is 0 Å². The summed E-state index contributed by atoms with van der Waals surface area (Å²) in [5, 5.41) is 0.190. The van der Waals surface area contributed by atoms with Crippen molar-refractivity contribution in [3.8, 4) is 0 Å². The van der Waals surface area contributed by atoms with E-state index in [0.29, 0.717) is 5.56 Å². The third-order valence-corrected chi connectivity index (χ3v) is 2.56. The Hall–Kier alpha value is -1.60. The van der Waals surface area contributed by atoms with Crippen LogP contribution in [0.4, 0.5) is 10.1 Å². The van der Waals surface area contributed by atoms with Crippen LogP contribution in [0.2, 0.25) is 5.02 Å². The first-order chi connectivity index (χ1) is 8.73. The van der Waals surface area contributed by atoms with Crippen molar-refractivity contribution < 1.29 is 13.9 Å². The van der Waals surface area contributed by atoms with E-state index in [1.807, 2.05) is 0 Å². The second-order valence-electron chi connectivity index (χ2n) is 5.09. The van der Waals surface area contributed by atoms with Gasteiger partial charge in [-0.3, -0.25) is 4.79 Å². The second kappa shape index (κ2) is 6.03.